The smallest absolute Gasteiger partial charge is 0.232 e. The van der Waals surface area contributed by atoms with Gasteiger partial charge in [-0.2, -0.15) is 15.0 Å². The summed E-state index contributed by atoms with van der Waals surface area (Å²) in [6.45, 7) is 2.48. The molecule has 0 spiro atoms. The summed E-state index contributed by atoms with van der Waals surface area (Å²) >= 11 is 1.46. The third-order valence-electron chi connectivity index (χ3n) is 4.12. The van der Waals surface area contributed by atoms with Gasteiger partial charge in [0.05, 0.1) is 11.0 Å². The van der Waals surface area contributed by atoms with Gasteiger partial charge in [-0.1, -0.05) is 48.5 Å². The van der Waals surface area contributed by atoms with Gasteiger partial charge in [0.2, 0.25) is 17.8 Å². The van der Waals surface area contributed by atoms with Gasteiger partial charge < -0.3 is 16.4 Å². The highest BCUT2D eigenvalue weighted by Gasteiger charge is 2.14. The van der Waals surface area contributed by atoms with E-state index in [1.54, 1.807) is 0 Å². The summed E-state index contributed by atoms with van der Waals surface area (Å²) in [6.07, 6.45) is 0.808. The number of para-hydroxylation sites is 1. The lowest BCUT2D eigenvalue weighted by Crippen LogP contribution is -2.32. The van der Waals surface area contributed by atoms with E-state index in [0.717, 1.165) is 12.1 Å². The number of nitrogens with one attached hydrogen (secondary N) is 2. The zero-order valence-corrected chi connectivity index (χ0v) is 17.0. The van der Waals surface area contributed by atoms with Crippen LogP contribution < -0.4 is 16.4 Å². The summed E-state index contributed by atoms with van der Waals surface area (Å²) in [7, 11) is 0. The third-order valence-corrected chi connectivity index (χ3v) is 5.26. The first-order chi connectivity index (χ1) is 14.1. The molecule has 0 saturated heterocycles. The van der Waals surface area contributed by atoms with Gasteiger partial charge in [0, 0.05) is 12.2 Å². The molecule has 0 aliphatic carbocycles. The van der Waals surface area contributed by atoms with E-state index in [0.29, 0.717) is 24.1 Å². The Balaban J connectivity index is 1.48. The number of nitrogen functional groups attached to an aromatic ring is 1. The van der Waals surface area contributed by atoms with E-state index >= 15 is 0 Å². The molecule has 0 fully saturated rings. The van der Waals surface area contributed by atoms with Crippen molar-refractivity contribution >= 4 is 35.3 Å². The van der Waals surface area contributed by atoms with E-state index in [1.165, 1.54) is 17.3 Å². The van der Waals surface area contributed by atoms with Crippen LogP contribution in [0.4, 0.5) is 17.6 Å². The van der Waals surface area contributed by atoms with Crippen molar-refractivity contribution in [2.24, 2.45) is 0 Å². The average Bonchev–Trinajstić information content (AvgIpc) is 2.73. The van der Waals surface area contributed by atoms with Crippen LogP contribution in [0.15, 0.2) is 60.7 Å². The highest BCUT2D eigenvalue weighted by Crippen LogP contribution is 2.18. The Morgan fingerprint density at radius 3 is 2.45 bits per heavy atom. The van der Waals surface area contributed by atoms with Gasteiger partial charge in [0.25, 0.3) is 0 Å². The summed E-state index contributed by atoms with van der Waals surface area (Å²) in [4.78, 5) is 25.0. The van der Waals surface area contributed by atoms with Crippen LogP contribution in [-0.2, 0) is 17.0 Å². The molecule has 0 aliphatic heterocycles. The second-order valence-corrected chi connectivity index (χ2v) is 7.73. The number of benzene rings is 2. The number of nitrogens with two attached hydrogens (primary N) is 1. The molecular weight excluding hydrogens is 384 g/mol. The standard InChI is InChI=1S/C21H24N6OS/c1-15(19(28)23-13-12-16-8-4-2-5-9-16)29-14-18-25-20(22)27-21(26-18)24-17-10-6-3-7-11-17/h2-11,15H,12-14H2,1H3,(H,23,28)(H3,22,24,25,26,27)/t15-/m1/s1. The Morgan fingerprint density at radius 1 is 1.03 bits per heavy atom. The van der Waals surface area contributed by atoms with Gasteiger partial charge in [-0.15, -0.1) is 11.8 Å². The molecule has 1 amide bonds. The van der Waals surface area contributed by atoms with Gasteiger partial charge >= 0.3 is 0 Å². The molecule has 8 heteroatoms. The quantitative estimate of drug-likeness (QED) is 0.499. The predicted molar refractivity (Wildman–Crippen MR) is 118 cm³/mol. The highest BCUT2D eigenvalue weighted by molar-refractivity contribution is 7.99. The summed E-state index contributed by atoms with van der Waals surface area (Å²) in [5, 5.41) is 5.85. The van der Waals surface area contributed by atoms with Crippen LogP contribution in [0, 0.1) is 0 Å². The number of hydrogen-bond acceptors (Lipinski definition) is 7. The van der Waals surface area contributed by atoms with E-state index < -0.39 is 0 Å². The maximum Gasteiger partial charge on any atom is 0.232 e. The minimum absolute atomic E-state index is 0.00408. The second kappa shape index (κ2) is 10.4. The molecule has 1 heterocycles. The fourth-order valence-corrected chi connectivity index (χ4v) is 3.37. The maximum atomic E-state index is 12.3. The first kappa shape index (κ1) is 20.6. The van der Waals surface area contributed by atoms with Crippen molar-refractivity contribution < 1.29 is 4.79 Å². The van der Waals surface area contributed by atoms with Gasteiger partial charge in [-0.25, -0.2) is 0 Å². The summed E-state index contributed by atoms with van der Waals surface area (Å²) in [6, 6.07) is 19.7. The van der Waals surface area contributed by atoms with Crippen LogP contribution in [0.2, 0.25) is 0 Å². The number of anilines is 3. The summed E-state index contributed by atoms with van der Waals surface area (Å²) in [5.41, 5.74) is 7.87. The molecule has 0 radical (unpaired) electrons. The van der Waals surface area contributed by atoms with Gasteiger partial charge in [0.1, 0.15) is 5.82 Å². The van der Waals surface area contributed by atoms with Crippen LogP contribution in [0.5, 0.6) is 0 Å². The van der Waals surface area contributed by atoms with Gasteiger partial charge in [-0.3, -0.25) is 4.79 Å². The number of aromatic nitrogens is 3. The lowest BCUT2D eigenvalue weighted by atomic mass is 10.1. The van der Waals surface area contributed by atoms with Crippen molar-refractivity contribution in [3.63, 3.8) is 0 Å². The predicted octanol–water partition coefficient (Wildman–Crippen LogP) is 3.18. The summed E-state index contributed by atoms with van der Waals surface area (Å²) < 4.78 is 0. The van der Waals surface area contributed by atoms with Crippen molar-refractivity contribution in [1.82, 2.24) is 20.3 Å². The monoisotopic (exact) mass is 408 g/mol. The van der Waals surface area contributed by atoms with Gasteiger partial charge in [0.15, 0.2) is 0 Å². The topological polar surface area (TPSA) is 106 Å². The average molecular weight is 409 g/mol. The minimum Gasteiger partial charge on any atom is -0.368 e. The normalized spacial score (nSPS) is 11.6. The van der Waals surface area contributed by atoms with E-state index in [9.17, 15) is 4.79 Å². The lowest BCUT2D eigenvalue weighted by molar-refractivity contribution is -0.120. The molecule has 7 nitrogen and oxygen atoms in total. The molecule has 0 aliphatic rings. The first-order valence-electron chi connectivity index (χ1n) is 9.36. The molecule has 29 heavy (non-hydrogen) atoms. The van der Waals surface area contributed by atoms with Crippen LogP contribution in [-0.4, -0.2) is 32.7 Å². The Kier molecular flexibility index (Phi) is 7.40. The molecular formula is C21H24N6OS. The van der Waals surface area contributed by atoms with E-state index in [-0.39, 0.29) is 17.1 Å². The fourth-order valence-electron chi connectivity index (χ4n) is 2.60. The summed E-state index contributed by atoms with van der Waals surface area (Å²) in [5.74, 6) is 1.53. The zero-order chi connectivity index (χ0) is 20.5. The van der Waals surface area contributed by atoms with Crippen molar-refractivity contribution in [3.8, 4) is 0 Å². The molecule has 0 saturated carbocycles. The highest BCUT2D eigenvalue weighted by atomic mass is 32.2. The van der Waals surface area contributed by atoms with E-state index in [4.69, 9.17) is 5.73 Å². The number of thioether (sulfide) groups is 1. The molecule has 3 aromatic rings. The lowest BCUT2D eigenvalue weighted by Gasteiger charge is -2.12. The molecule has 4 N–H and O–H groups in total. The molecule has 0 bridgehead atoms. The minimum atomic E-state index is -0.228. The number of nitrogens with zero attached hydrogens (tertiary/aromatic N) is 3. The SMILES string of the molecule is C[C@@H](SCc1nc(N)nc(Nc2ccccc2)n1)C(=O)NCCc1ccccc1. The van der Waals surface area contributed by atoms with Crippen LogP contribution in [0.1, 0.15) is 18.3 Å². The molecule has 1 aromatic heterocycles. The number of carbonyl (C=O) groups is 1. The number of hydrogen-bond donors (Lipinski definition) is 3. The number of rotatable bonds is 9. The molecule has 3 rings (SSSR count). The Bertz CT molecular complexity index is 923. The maximum absolute atomic E-state index is 12.3. The zero-order valence-electron chi connectivity index (χ0n) is 16.2. The van der Waals surface area contributed by atoms with Gasteiger partial charge in [-0.05, 0) is 31.0 Å². The van der Waals surface area contributed by atoms with E-state index in [2.05, 4.69) is 37.7 Å². The Hall–Kier alpha value is -3.13. The van der Waals surface area contributed by atoms with Crippen LogP contribution in [0.25, 0.3) is 0 Å². The molecule has 0 unspecified atom stereocenters. The third kappa shape index (κ3) is 6.76. The van der Waals surface area contributed by atoms with Crippen molar-refractivity contribution in [3.05, 3.63) is 72.1 Å². The molecule has 2 aromatic carbocycles. The van der Waals surface area contributed by atoms with Crippen LogP contribution in [0.3, 0.4) is 0 Å². The van der Waals surface area contributed by atoms with E-state index in [1.807, 2.05) is 55.5 Å². The fraction of sp³-hybridized carbons (Fsp3) is 0.238. The second-order valence-electron chi connectivity index (χ2n) is 6.40. The largest absolute Gasteiger partial charge is 0.368 e. The van der Waals surface area contributed by atoms with Crippen molar-refractivity contribution in [2.45, 2.75) is 24.3 Å². The Labute approximate surface area is 174 Å². The number of carbonyl (C=O) groups excluding carboxylic acids is 1. The molecule has 1 atom stereocenters. The van der Waals surface area contributed by atoms with Crippen molar-refractivity contribution in [2.75, 3.05) is 17.6 Å². The van der Waals surface area contributed by atoms with Crippen molar-refractivity contribution in [1.29, 1.82) is 0 Å². The molecule has 150 valence electrons. The Morgan fingerprint density at radius 2 is 1.72 bits per heavy atom. The van der Waals surface area contributed by atoms with Crippen LogP contribution >= 0.6 is 11.8 Å². The first-order valence-corrected chi connectivity index (χ1v) is 10.4. The number of amides is 1.